The van der Waals surface area contributed by atoms with E-state index in [0.717, 1.165) is 23.3 Å². The molecule has 2 aromatic rings. The molecule has 0 saturated carbocycles. The molecule has 7 heteroatoms. The van der Waals surface area contributed by atoms with Crippen LogP contribution in [0, 0.1) is 6.92 Å². The Balaban J connectivity index is 1.96. The van der Waals surface area contributed by atoms with Crippen molar-refractivity contribution in [2.45, 2.75) is 26.4 Å². The lowest BCUT2D eigenvalue weighted by atomic mass is 10.1. The molecule has 0 saturated heterocycles. The van der Waals surface area contributed by atoms with Gasteiger partial charge >= 0.3 is 6.18 Å². The first-order valence-electron chi connectivity index (χ1n) is 8.44. The molecule has 27 heavy (non-hydrogen) atoms. The maximum absolute atomic E-state index is 12.9. The van der Waals surface area contributed by atoms with Gasteiger partial charge in [-0.1, -0.05) is 35.9 Å². The highest BCUT2D eigenvalue weighted by Crippen LogP contribution is 2.31. The maximum Gasteiger partial charge on any atom is 0.416 e. The van der Waals surface area contributed by atoms with Crippen molar-refractivity contribution < 1.29 is 22.8 Å². The van der Waals surface area contributed by atoms with Crippen molar-refractivity contribution in [2.75, 3.05) is 18.0 Å². The van der Waals surface area contributed by atoms with Gasteiger partial charge in [0.1, 0.15) is 0 Å². The van der Waals surface area contributed by atoms with Crippen molar-refractivity contribution in [3.8, 4) is 0 Å². The number of nitrogens with one attached hydrogen (secondary N) is 1. The molecule has 0 aliphatic rings. The Bertz CT molecular complexity index is 802. The van der Waals surface area contributed by atoms with Gasteiger partial charge in [-0.05, 0) is 30.7 Å². The third-order valence-corrected chi connectivity index (χ3v) is 4.01. The van der Waals surface area contributed by atoms with Gasteiger partial charge in [-0.15, -0.1) is 0 Å². The molecule has 0 unspecified atom stereocenters. The lowest BCUT2D eigenvalue weighted by molar-refractivity contribution is -0.137. The second-order valence-corrected chi connectivity index (χ2v) is 6.23. The number of alkyl halides is 3. The topological polar surface area (TPSA) is 49.4 Å². The van der Waals surface area contributed by atoms with Gasteiger partial charge in [0.15, 0.2) is 0 Å². The molecule has 0 bridgehead atoms. The van der Waals surface area contributed by atoms with Crippen LogP contribution in [0.2, 0.25) is 0 Å². The van der Waals surface area contributed by atoms with Crippen molar-refractivity contribution in [1.82, 2.24) is 5.32 Å². The van der Waals surface area contributed by atoms with E-state index in [-0.39, 0.29) is 31.1 Å². The molecule has 0 aliphatic heterocycles. The average molecular weight is 378 g/mol. The summed E-state index contributed by atoms with van der Waals surface area (Å²) < 4.78 is 38.6. The summed E-state index contributed by atoms with van der Waals surface area (Å²) in [6.07, 6.45) is -4.29. The van der Waals surface area contributed by atoms with Crippen LogP contribution in [-0.4, -0.2) is 24.9 Å². The van der Waals surface area contributed by atoms with Gasteiger partial charge in [-0.2, -0.15) is 13.2 Å². The number of rotatable bonds is 6. The number of halogens is 3. The molecule has 2 aromatic carbocycles. The second kappa shape index (κ2) is 8.70. The molecule has 0 spiro atoms. The molecule has 0 aliphatic carbocycles. The van der Waals surface area contributed by atoms with E-state index in [4.69, 9.17) is 0 Å². The van der Waals surface area contributed by atoms with Crippen LogP contribution in [0.15, 0.2) is 48.5 Å². The fraction of sp³-hybridized carbons (Fsp3) is 0.300. The van der Waals surface area contributed by atoms with Crippen LogP contribution in [0.5, 0.6) is 0 Å². The Labute approximate surface area is 156 Å². The zero-order chi connectivity index (χ0) is 20.0. The van der Waals surface area contributed by atoms with Crippen molar-refractivity contribution in [2.24, 2.45) is 0 Å². The SMILES string of the molecule is CC(=O)N(CCNC(=O)Cc1ccc(C)cc1)c1cccc(C(F)(F)F)c1. The van der Waals surface area contributed by atoms with Gasteiger partial charge in [0.05, 0.1) is 12.0 Å². The Morgan fingerprint density at radius 1 is 1.07 bits per heavy atom. The van der Waals surface area contributed by atoms with Crippen molar-refractivity contribution in [1.29, 1.82) is 0 Å². The molecule has 0 aromatic heterocycles. The standard InChI is InChI=1S/C20H21F3N2O2/c1-14-6-8-16(9-7-14)12-19(27)24-10-11-25(15(2)26)18-5-3-4-17(13-18)20(21,22)23/h3-9,13H,10-12H2,1-2H3,(H,24,27). The number of carbonyl (C=O) groups is 2. The number of aryl methyl sites for hydroxylation is 1. The van der Waals surface area contributed by atoms with E-state index in [2.05, 4.69) is 5.32 Å². The van der Waals surface area contributed by atoms with Crippen molar-refractivity contribution in [3.63, 3.8) is 0 Å². The summed E-state index contributed by atoms with van der Waals surface area (Å²) in [6.45, 7) is 3.44. The highest BCUT2D eigenvalue weighted by atomic mass is 19.4. The number of anilines is 1. The summed E-state index contributed by atoms with van der Waals surface area (Å²) in [6, 6.07) is 12.1. The van der Waals surface area contributed by atoms with E-state index in [1.165, 1.54) is 24.0 Å². The van der Waals surface area contributed by atoms with E-state index in [1.807, 2.05) is 31.2 Å². The zero-order valence-corrected chi connectivity index (χ0v) is 15.1. The summed E-state index contributed by atoms with van der Waals surface area (Å²) in [5, 5.41) is 2.69. The fourth-order valence-corrected chi connectivity index (χ4v) is 2.58. The smallest absolute Gasteiger partial charge is 0.354 e. The summed E-state index contributed by atoms with van der Waals surface area (Å²) >= 11 is 0. The normalized spacial score (nSPS) is 11.1. The monoisotopic (exact) mass is 378 g/mol. The largest absolute Gasteiger partial charge is 0.416 e. The minimum absolute atomic E-state index is 0.0796. The summed E-state index contributed by atoms with van der Waals surface area (Å²) in [4.78, 5) is 25.1. The van der Waals surface area contributed by atoms with Crippen LogP contribution < -0.4 is 10.2 Å². The zero-order valence-electron chi connectivity index (χ0n) is 15.1. The van der Waals surface area contributed by atoms with Crippen LogP contribution in [0.4, 0.5) is 18.9 Å². The molecule has 2 amide bonds. The van der Waals surface area contributed by atoms with Gasteiger partial charge in [-0.25, -0.2) is 0 Å². The molecule has 0 atom stereocenters. The van der Waals surface area contributed by atoms with E-state index >= 15 is 0 Å². The van der Waals surface area contributed by atoms with Gasteiger partial charge in [0, 0.05) is 25.7 Å². The third kappa shape index (κ3) is 6.13. The molecular weight excluding hydrogens is 357 g/mol. The van der Waals surface area contributed by atoms with E-state index in [9.17, 15) is 22.8 Å². The molecular formula is C20H21F3N2O2. The highest BCUT2D eigenvalue weighted by molar-refractivity contribution is 5.91. The van der Waals surface area contributed by atoms with E-state index in [1.54, 1.807) is 0 Å². The molecule has 0 heterocycles. The molecule has 0 fully saturated rings. The second-order valence-electron chi connectivity index (χ2n) is 6.23. The molecule has 2 rings (SSSR count). The van der Waals surface area contributed by atoms with Crippen LogP contribution in [-0.2, 0) is 22.2 Å². The number of amides is 2. The van der Waals surface area contributed by atoms with Crippen LogP contribution in [0.25, 0.3) is 0 Å². The Hall–Kier alpha value is -2.83. The average Bonchev–Trinajstić information content (AvgIpc) is 2.60. The van der Waals surface area contributed by atoms with E-state index in [0.29, 0.717) is 0 Å². The van der Waals surface area contributed by atoms with Crippen LogP contribution in [0.1, 0.15) is 23.6 Å². The highest BCUT2D eigenvalue weighted by Gasteiger charge is 2.31. The van der Waals surface area contributed by atoms with Crippen LogP contribution in [0.3, 0.4) is 0 Å². The predicted molar refractivity (Wildman–Crippen MR) is 97.4 cm³/mol. The van der Waals surface area contributed by atoms with Crippen LogP contribution >= 0.6 is 0 Å². The minimum Gasteiger partial charge on any atom is -0.354 e. The van der Waals surface area contributed by atoms with Gasteiger partial charge in [-0.3, -0.25) is 9.59 Å². The lowest BCUT2D eigenvalue weighted by Gasteiger charge is -2.22. The number of hydrogen-bond donors (Lipinski definition) is 1. The Morgan fingerprint density at radius 3 is 2.33 bits per heavy atom. The number of carbonyl (C=O) groups excluding carboxylic acids is 2. The first kappa shape index (κ1) is 20.5. The predicted octanol–water partition coefficient (Wildman–Crippen LogP) is 3.73. The first-order valence-corrected chi connectivity index (χ1v) is 8.44. The molecule has 4 nitrogen and oxygen atoms in total. The number of benzene rings is 2. The fourth-order valence-electron chi connectivity index (χ4n) is 2.58. The van der Waals surface area contributed by atoms with E-state index < -0.39 is 17.6 Å². The van der Waals surface area contributed by atoms with Gasteiger partial charge < -0.3 is 10.2 Å². The Kier molecular flexibility index (Phi) is 6.60. The summed E-state index contributed by atoms with van der Waals surface area (Å²) in [7, 11) is 0. The summed E-state index contributed by atoms with van der Waals surface area (Å²) in [5.74, 6) is -0.617. The lowest BCUT2D eigenvalue weighted by Crippen LogP contribution is -2.38. The van der Waals surface area contributed by atoms with Crippen molar-refractivity contribution in [3.05, 3.63) is 65.2 Å². The maximum atomic E-state index is 12.9. The minimum atomic E-state index is -4.49. The molecule has 144 valence electrons. The number of hydrogen-bond acceptors (Lipinski definition) is 2. The quantitative estimate of drug-likeness (QED) is 0.833. The first-order chi connectivity index (χ1) is 12.7. The Morgan fingerprint density at radius 2 is 1.74 bits per heavy atom. The van der Waals surface area contributed by atoms with Gasteiger partial charge in [0.25, 0.3) is 0 Å². The number of nitrogens with zero attached hydrogens (tertiary/aromatic N) is 1. The molecule has 1 N–H and O–H groups in total. The van der Waals surface area contributed by atoms with Crippen molar-refractivity contribution >= 4 is 17.5 Å². The third-order valence-electron chi connectivity index (χ3n) is 4.01. The molecule has 0 radical (unpaired) electrons. The van der Waals surface area contributed by atoms with Gasteiger partial charge in [0.2, 0.25) is 11.8 Å². The summed E-state index contributed by atoms with van der Waals surface area (Å²) in [5.41, 5.74) is 1.27.